The minimum Gasteiger partial charge on any atom is -0.496 e. The van der Waals surface area contributed by atoms with E-state index in [0.29, 0.717) is 9.26 Å². The van der Waals surface area contributed by atoms with Gasteiger partial charge in [-0.15, -0.1) is 0 Å². The van der Waals surface area contributed by atoms with Gasteiger partial charge in [-0.1, -0.05) is 17.7 Å². The maximum atomic E-state index is 12.5. The summed E-state index contributed by atoms with van der Waals surface area (Å²) in [4.78, 5) is 11.9. The van der Waals surface area contributed by atoms with Crippen molar-refractivity contribution in [3.05, 3.63) is 51.1 Å². The molecule has 128 valence electrons. The van der Waals surface area contributed by atoms with Gasteiger partial charge in [-0.25, -0.2) is 13.2 Å². The summed E-state index contributed by atoms with van der Waals surface area (Å²) >= 11 is 1.94. The predicted molar refractivity (Wildman–Crippen MR) is 99.0 cm³/mol. The van der Waals surface area contributed by atoms with Gasteiger partial charge in [0.1, 0.15) is 11.3 Å². The molecule has 2 aromatic rings. The van der Waals surface area contributed by atoms with Crippen molar-refractivity contribution in [2.24, 2.45) is 0 Å². The molecular weight excluding hydrogens is 445 g/mol. The minimum atomic E-state index is -3.74. The molecule has 1 N–H and O–H groups in total. The van der Waals surface area contributed by atoms with Crippen molar-refractivity contribution >= 4 is 44.3 Å². The van der Waals surface area contributed by atoms with E-state index in [2.05, 4.69) is 4.72 Å². The smallest absolute Gasteiger partial charge is 0.341 e. The predicted octanol–water partition coefficient (Wildman–Crippen LogP) is 3.20. The van der Waals surface area contributed by atoms with Crippen molar-refractivity contribution in [2.75, 3.05) is 18.9 Å². The van der Waals surface area contributed by atoms with Gasteiger partial charge in [0, 0.05) is 9.64 Å². The average Bonchev–Trinajstić information content (AvgIpc) is 2.55. The maximum absolute atomic E-state index is 12.5. The first kappa shape index (κ1) is 18.5. The fourth-order valence-corrected chi connectivity index (χ4v) is 3.85. The van der Waals surface area contributed by atoms with E-state index in [1.165, 1.54) is 38.5 Å². The molecule has 24 heavy (non-hydrogen) atoms. The molecule has 2 aromatic carbocycles. The zero-order valence-corrected chi connectivity index (χ0v) is 16.3. The molecule has 0 bridgehead atoms. The van der Waals surface area contributed by atoms with Crippen molar-refractivity contribution in [2.45, 2.75) is 11.8 Å². The van der Waals surface area contributed by atoms with E-state index >= 15 is 0 Å². The Labute approximate surface area is 154 Å². The lowest BCUT2D eigenvalue weighted by Gasteiger charge is -2.14. The topological polar surface area (TPSA) is 81.7 Å². The van der Waals surface area contributed by atoms with Crippen LogP contribution in [0.2, 0.25) is 0 Å². The van der Waals surface area contributed by atoms with Crippen molar-refractivity contribution in [1.82, 2.24) is 0 Å². The van der Waals surface area contributed by atoms with E-state index in [1.54, 1.807) is 12.1 Å². The summed E-state index contributed by atoms with van der Waals surface area (Å²) in [5.74, 6) is -0.332. The Morgan fingerprint density at radius 2 is 1.75 bits per heavy atom. The molecule has 0 aliphatic rings. The quantitative estimate of drug-likeness (QED) is 0.547. The number of nitrogens with one attached hydrogen (secondary N) is 1. The van der Waals surface area contributed by atoms with E-state index in [-0.39, 0.29) is 16.2 Å². The molecule has 0 unspecified atom stereocenters. The summed E-state index contributed by atoms with van der Waals surface area (Å²) in [5, 5.41) is 0. The van der Waals surface area contributed by atoms with Crippen LogP contribution in [0.15, 0.2) is 41.3 Å². The third kappa shape index (κ3) is 3.99. The normalized spacial score (nSPS) is 11.0. The first-order valence-electron chi connectivity index (χ1n) is 6.84. The summed E-state index contributed by atoms with van der Waals surface area (Å²) in [5.41, 5.74) is 1.51. The van der Waals surface area contributed by atoms with Gasteiger partial charge in [-0.05, 0) is 47.7 Å². The molecule has 8 heteroatoms. The maximum Gasteiger partial charge on any atom is 0.341 e. The highest BCUT2D eigenvalue weighted by Crippen LogP contribution is 2.30. The van der Waals surface area contributed by atoms with Crippen LogP contribution in [-0.2, 0) is 14.8 Å². The second-order valence-electron chi connectivity index (χ2n) is 4.94. The SMILES string of the molecule is COC(=O)c1cc(I)c(NS(=O)(=O)c2ccc(C)cc2)cc1OC. The Balaban J connectivity index is 2.42. The van der Waals surface area contributed by atoms with Gasteiger partial charge in [0.05, 0.1) is 24.8 Å². The third-order valence-electron chi connectivity index (χ3n) is 3.27. The molecule has 0 fully saturated rings. The van der Waals surface area contributed by atoms with Gasteiger partial charge in [0.15, 0.2) is 0 Å². The van der Waals surface area contributed by atoms with Crippen LogP contribution in [0, 0.1) is 10.5 Å². The zero-order valence-electron chi connectivity index (χ0n) is 13.3. The molecule has 0 aromatic heterocycles. The first-order valence-corrected chi connectivity index (χ1v) is 9.40. The van der Waals surface area contributed by atoms with Gasteiger partial charge < -0.3 is 9.47 Å². The van der Waals surface area contributed by atoms with Crippen molar-refractivity contribution < 1.29 is 22.7 Å². The van der Waals surface area contributed by atoms with E-state index in [4.69, 9.17) is 9.47 Å². The van der Waals surface area contributed by atoms with E-state index in [9.17, 15) is 13.2 Å². The lowest BCUT2D eigenvalue weighted by atomic mass is 10.2. The Kier molecular flexibility index (Phi) is 5.70. The van der Waals surface area contributed by atoms with Gasteiger partial charge in [0.2, 0.25) is 0 Å². The fourth-order valence-electron chi connectivity index (χ4n) is 1.99. The van der Waals surface area contributed by atoms with Gasteiger partial charge in [-0.2, -0.15) is 0 Å². The highest BCUT2D eigenvalue weighted by molar-refractivity contribution is 14.1. The lowest BCUT2D eigenvalue weighted by Crippen LogP contribution is -2.15. The molecule has 0 saturated carbocycles. The van der Waals surface area contributed by atoms with Crippen LogP contribution in [0.3, 0.4) is 0 Å². The molecule has 6 nitrogen and oxygen atoms in total. The number of benzene rings is 2. The number of hydrogen-bond acceptors (Lipinski definition) is 5. The van der Waals surface area contributed by atoms with E-state index in [1.807, 2.05) is 29.5 Å². The average molecular weight is 461 g/mol. The van der Waals surface area contributed by atoms with Gasteiger partial charge in [0.25, 0.3) is 10.0 Å². The second kappa shape index (κ2) is 7.39. The largest absolute Gasteiger partial charge is 0.496 e. The summed E-state index contributed by atoms with van der Waals surface area (Å²) in [6, 6.07) is 9.48. The van der Waals surface area contributed by atoms with Crippen LogP contribution in [0.5, 0.6) is 5.75 Å². The van der Waals surface area contributed by atoms with Gasteiger partial charge in [-0.3, -0.25) is 4.72 Å². The summed E-state index contributed by atoms with van der Waals surface area (Å²) in [7, 11) is -1.08. The molecule has 0 atom stereocenters. The van der Waals surface area contributed by atoms with Crippen molar-refractivity contribution in [3.63, 3.8) is 0 Å². The van der Waals surface area contributed by atoms with Gasteiger partial charge >= 0.3 is 5.97 Å². The molecule has 0 aliphatic heterocycles. The number of methoxy groups -OCH3 is 2. The van der Waals surface area contributed by atoms with Crippen LogP contribution in [0.1, 0.15) is 15.9 Å². The molecule has 0 radical (unpaired) electrons. The van der Waals surface area contributed by atoms with E-state index < -0.39 is 16.0 Å². The Morgan fingerprint density at radius 1 is 1.12 bits per heavy atom. The van der Waals surface area contributed by atoms with E-state index in [0.717, 1.165) is 5.56 Å². The lowest BCUT2D eigenvalue weighted by molar-refractivity contribution is 0.0597. The van der Waals surface area contributed by atoms with Crippen LogP contribution >= 0.6 is 22.6 Å². The van der Waals surface area contributed by atoms with Crippen LogP contribution < -0.4 is 9.46 Å². The number of carbonyl (C=O) groups excluding carboxylic acids is 1. The van der Waals surface area contributed by atoms with Crippen LogP contribution in [-0.4, -0.2) is 28.6 Å². The summed E-state index contributed by atoms with van der Waals surface area (Å²) < 4.78 is 37.9. The zero-order chi connectivity index (χ0) is 17.9. The highest BCUT2D eigenvalue weighted by Gasteiger charge is 2.20. The number of ether oxygens (including phenoxy) is 2. The number of esters is 1. The van der Waals surface area contributed by atoms with Crippen molar-refractivity contribution in [3.8, 4) is 5.75 Å². The monoisotopic (exact) mass is 461 g/mol. The molecule has 0 saturated heterocycles. The number of sulfonamides is 1. The highest BCUT2D eigenvalue weighted by atomic mass is 127. The molecule has 0 spiro atoms. The van der Waals surface area contributed by atoms with Crippen molar-refractivity contribution in [1.29, 1.82) is 0 Å². The minimum absolute atomic E-state index is 0.153. The molecule has 0 amide bonds. The number of aryl methyl sites for hydroxylation is 1. The Morgan fingerprint density at radius 3 is 2.29 bits per heavy atom. The van der Waals surface area contributed by atoms with Crippen LogP contribution in [0.4, 0.5) is 5.69 Å². The molecule has 0 aliphatic carbocycles. The molecular formula is C16H16INO5S. The number of rotatable bonds is 5. The third-order valence-corrected chi connectivity index (χ3v) is 5.54. The molecule has 2 rings (SSSR count). The number of hydrogen-bond donors (Lipinski definition) is 1. The number of anilines is 1. The number of carbonyl (C=O) groups is 1. The number of halogens is 1. The second-order valence-corrected chi connectivity index (χ2v) is 7.79. The standard InChI is InChI=1S/C16H16INO5S/c1-10-4-6-11(7-5-10)24(20,21)18-14-9-15(22-2)12(8-13(14)17)16(19)23-3/h4-9,18H,1-3H3. The Hall–Kier alpha value is -1.81. The molecule has 0 heterocycles. The van der Waals surface area contributed by atoms with Crippen LogP contribution in [0.25, 0.3) is 0 Å². The fraction of sp³-hybridized carbons (Fsp3) is 0.188. The summed E-state index contributed by atoms with van der Waals surface area (Å²) in [6.07, 6.45) is 0. The summed E-state index contributed by atoms with van der Waals surface area (Å²) in [6.45, 7) is 1.88. The first-order chi connectivity index (χ1) is 11.3. The Bertz CT molecular complexity index is 863.